The fourth-order valence-corrected chi connectivity index (χ4v) is 2.65. The first-order valence-electron chi connectivity index (χ1n) is 7.39. The third kappa shape index (κ3) is 4.39. The van der Waals surface area contributed by atoms with Crippen molar-refractivity contribution in [2.75, 3.05) is 26.2 Å². The molecule has 0 bridgehead atoms. The van der Waals surface area contributed by atoms with Crippen molar-refractivity contribution in [1.82, 2.24) is 14.8 Å². The van der Waals surface area contributed by atoms with Gasteiger partial charge >= 0.3 is 0 Å². The van der Waals surface area contributed by atoms with Crippen molar-refractivity contribution in [3.8, 4) is 0 Å². The van der Waals surface area contributed by atoms with Gasteiger partial charge in [0.05, 0.1) is 0 Å². The van der Waals surface area contributed by atoms with Gasteiger partial charge in [-0.05, 0) is 51.0 Å². The molecule has 2 heterocycles. The second-order valence-electron chi connectivity index (χ2n) is 5.37. The van der Waals surface area contributed by atoms with Crippen molar-refractivity contribution in [1.29, 1.82) is 0 Å². The Morgan fingerprint density at radius 3 is 2.63 bits per heavy atom. The van der Waals surface area contributed by atoms with Gasteiger partial charge in [-0.1, -0.05) is 12.8 Å². The van der Waals surface area contributed by atoms with E-state index in [1.165, 1.54) is 38.8 Å². The van der Waals surface area contributed by atoms with Gasteiger partial charge in [-0.25, -0.2) is 0 Å². The number of hydrogen-bond donors (Lipinski definition) is 1. The molecule has 0 unspecified atom stereocenters. The van der Waals surface area contributed by atoms with Gasteiger partial charge in [0.2, 0.25) is 0 Å². The minimum absolute atomic E-state index is 0.0309. The zero-order chi connectivity index (χ0) is 13.5. The molecule has 106 valence electrons. The number of rotatable bonds is 5. The maximum atomic E-state index is 11.9. The van der Waals surface area contributed by atoms with Gasteiger partial charge in [-0.3, -0.25) is 4.79 Å². The summed E-state index contributed by atoms with van der Waals surface area (Å²) in [7, 11) is 1.89. The van der Waals surface area contributed by atoms with Crippen LogP contribution in [0.5, 0.6) is 0 Å². The number of amides is 1. The van der Waals surface area contributed by atoms with Crippen LogP contribution in [0.3, 0.4) is 0 Å². The molecular formula is C15H25N3O. The second-order valence-corrected chi connectivity index (χ2v) is 5.37. The number of likely N-dealkylation sites (tertiary alicyclic amines) is 1. The van der Waals surface area contributed by atoms with E-state index in [9.17, 15) is 4.79 Å². The average Bonchev–Trinajstić information content (AvgIpc) is 2.68. The summed E-state index contributed by atoms with van der Waals surface area (Å²) in [5, 5.41) is 2.99. The minimum atomic E-state index is 0.0309. The van der Waals surface area contributed by atoms with Gasteiger partial charge in [0.1, 0.15) is 5.69 Å². The van der Waals surface area contributed by atoms with Crippen LogP contribution < -0.4 is 5.32 Å². The van der Waals surface area contributed by atoms with Crippen LogP contribution in [0.2, 0.25) is 0 Å². The zero-order valence-electron chi connectivity index (χ0n) is 11.9. The normalized spacial score (nSPS) is 17.1. The molecule has 0 aromatic carbocycles. The second kappa shape index (κ2) is 7.34. The summed E-state index contributed by atoms with van der Waals surface area (Å²) in [4.78, 5) is 14.4. The Morgan fingerprint density at radius 1 is 1.26 bits per heavy atom. The Morgan fingerprint density at radius 2 is 2.00 bits per heavy atom. The van der Waals surface area contributed by atoms with Gasteiger partial charge in [-0.15, -0.1) is 0 Å². The highest BCUT2D eigenvalue weighted by molar-refractivity contribution is 5.92. The molecule has 2 rings (SSSR count). The van der Waals surface area contributed by atoms with Crippen LogP contribution in [0, 0.1) is 0 Å². The van der Waals surface area contributed by atoms with Crippen molar-refractivity contribution in [3.05, 3.63) is 24.0 Å². The number of aryl methyl sites for hydroxylation is 1. The highest BCUT2D eigenvalue weighted by Gasteiger charge is 2.10. The summed E-state index contributed by atoms with van der Waals surface area (Å²) in [5.74, 6) is 0.0309. The fraction of sp³-hybridized carbons (Fsp3) is 0.667. The van der Waals surface area contributed by atoms with Gasteiger partial charge in [0, 0.05) is 19.8 Å². The van der Waals surface area contributed by atoms with E-state index in [0.29, 0.717) is 0 Å². The Hall–Kier alpha value is -1.29. The summed E-state index contributed by atoms with van der Waals surface area (Å²) in [5.41, 5.74) is 0.731. The molecule has 1 fully saturated rings. The molecule has 1 aliphatic heterocycles. The lowest BCUT2D eigenvalue weighted by Crippen LogP contribution is -2.31. The third-order valence-electron chi connectivity index (χ3n) is 3.81. The lowest BCUT2D eigenvalue weighted by molar-refractivity contribution is 0.0943. The van der Waals surface area contributed by atoms with Crippen LogP contribution in [-0.4, -0.2) is 41.6 Å². The van der Waals surface area contributed by atoms with Gasteiger partial charge in [-0.2, -0.15) is 0 Å². The number of carbonyl (C=O) groups excluding carboxylic acids is 1. The summed E-state index contributed by atoms with van der Waals surface area (Å²) in [6, 6.07) is 3.75. The van der Waals surface area contributed by atoms with E-state index in [-0.39, 0.29) is 5.91 Å². The number of carbonyl (C=O) groups is 1. The lowest BCUT2D eigenvalue weighted by Gasteiger charge is -2.19. The monoisotopic (exact) mass is 263 g/mol. The molecule has 0 saturated carbocycles. The third-order valence-corrected chi connectivity index (χ3v) is 3.81. The molecule has 4 nitrogen and oxygen atoms in total. The van der Waals surface area contributed by atoms with E-state index < -0.39 is 0 Å². The predicted molar refractivity (Wildman–Crippen MR) is 77.3 cm³/mol. The van der Waals surface area contributed by atoms with Crippen LogP contribution in [-0.2, 0) is 7.05 Å². The number of aromatic nitrogens is 1. The molecule has 1 aromatic rings. The van der Waals surface area contributed by atoms with Crippen molar-refractivity contribution in [2.45, 2.75) is 32.1 Å². The van der Waals surface area contributed by atoms with Crippen LogP contribution in [0.1, 0.15) is 42.6 Å². The quantitative estimate of drug-likeness (QED) is 0.825. The molecule has 0 atom stereocenters. The minimum Gasteiger partial charge on any atom is -0.351 e. The Kier molecular flexibility index (Phi) is 5.45. The number of nitrogens with zero attached hydrogens (tertiary/aromatic N) is 2. The topological polar surface area (TPSA) is 37.3 Å². The summed E-state index contributed by atoms with van der Waals surface area (Å²) >= 11 is 0. The van der Waals surface area contributed by atoms with Crippen LogP contribution >= 0.6 is 0 Å². The first kappa shape index (κ1) is 14.1. The highest BCUT2D eigenvalue weighted by atomic mass is 16.1. The van der Waals surface area contributed by atoms with Crippen molar-refractivity contribution >= 4 is 5.91 Å². The maximum Gasteiger partial charge on any atom is 0.267 e. The standard InChI is InChI=1S/C15H25N3O/c1-17-10-6-8-14(17)15(19)16-9-7-13-18-11-4-2-3-5-12-18/h6,8,10H,2-5,7,9,11-13H2,1H3,(H,16,19). The predicted octanol–water partition coefficient (Wildman–Crippen LogP) is 2.02. The average molecular weight is 263 g/mol. The molecule has 0 spiro atoms. The van der Waals surface area contributed by atoms with Crippen LogP contribution in [0.4, 0.5) is 0 Å². The molecular weight excluding hydrogens is 238 g/mol. The molecule has 19 heavy (non-hydrogen) atoms. The first-order valence-corrected chi connectivity index (χ1v) is 7.39. The molecule has 1 saturated heterocycles. The van der Waals surface area contributed by atoms with E-state index >= 15 is 0 Å². The van der Waals surface area contributed by atoms with Gasteiger partial charge < -0.3 is 14.8 Å². The molecule has 1 N–H and O–H groups in total. The van der Waals surface area contributed by atoms with Crippen molar-refractivity contribution < 1.29 is 4.79 Å². The van der Waals surface area contributed by atoms with Crippen molar-refractivity contribution in [2.24, 2.45) is 7.05 Å². The lowest BCUT2D eigenvalue weighted by atomic mass is 10.2. The Labute approximate surface area is 115 Å². The molecule has 1 amide bonds. The van der Waals surface area contributed by atoms with E-state index in [2.05, 4.69) is 10.2 Å². The van der Waals surface area contributed by atoms with E-state index in [1.807, 2.05) is 29.9 Å². The van der Waals surface area contributed by atoms with E-state index in [4.69, 9.17) is 0 Å². The molecule has 0 aliphatic carbocycles. The Balaban J connectivity index is 1.64. The molecule has 1 aromatic heterocycles. The Bertz CT molecular complexity index is 392. The SMILES string of the molecule is Cn1cccc1C(=O)NCCCN1CCCCCC1. The van der Waals surface area contributed by atoms with Crippen molar-refractivity contribution in [3.63, 3.8) is 0 Å². The van der Waals surface area contributed by atoms with E-state index in [1.54, 1.807) is 0 Å². The molecule has 4 heteroatoms. The number of nitrogens with one attached hydrogen (secondary N) is 1. The largest absolute Gasteiger partial charge is 0.351 e. The van der Waals surface area contributed by atoms with Crippen LogP contribution in [0.25, 0.3) is 0 Å². The summed E-state index contributed by atoms with van der Waals surface area (Å²) in [6.45, 7) is 4.32. The summed E-state index contributed by atoms with van der Waals surface area (Å²) < 4.78 is 1.85. The summed E-state index contributed by atoms with van der Waals surface area (Å²) in [6.07, 6.45) is 8.34. The van der Waals surface area contributed by atoms with Crippen LogP contribution in [0.15, 0.2) is 18.3 Å². The highest BCUT2D eigenvalue weighted by Crippen LogP contribution is 2.09. The van der Waals surface area contributed by atoms with Gasteiger partial charge in [0.25, 0.3) is 5.91 Å². The zero-order valence-corrected chi connectivity index (χ0v) is 11.9. The molecule has 0 radical (unpaired) electrons. The maximum absolute atomic E-state index is 11.9. The van der Waals surface area contributed by atoms with E-state index in [0.717, 1.165) is 25.2 Å². The van der Waals surface area contributed by atoms with Gasteiger partial charge in [0.15, 0.2) is 0 Å². The smallest absolute Gasteiger partial charge is 0.267 e. The molecule has 1 aliphatic rings. The number of hydrogen-bond acceptors (Lipinski definition) is 2. The fourth-order valence-electron chi connectivity index (χ4n) is 2.65. The first-order chi connectivity index (χ1) is 9.27.